The largest absolute Gasteiger partial charge is 0.497 e. The lowest BCUT2D eigenvalue weighted by Crippen LogP contribution is -2.33. The Morgan fingerprint density at radius 2 is 1.78 bits per heavy atom. The first kappa shape index (κ1) is 15.0. The quantitative estimate of drug-likeness (QED) is 0.712. The SMILES string of the molecule is C=C(C[Si](C)(C)OC(C)C)c1ccc(OC)cc1. The molecule has 0 amide bonds. The van der Waals surface area contributed by atoms with Crippen molar-refractivity contribution in [3.8, 4) is 5.75 Å². The monoisotopic (exact) mass is 264 g/mol. The van der Waals surface area contributed by atoms with Gasteiger partial charge in [0.1, 0.15) is 5.75 Å². The highest BCUT2D eigenvalue weighted by Crippen LogP contribution is 2.26. The molecule has 0 atom stereocenters. The standard InChI is InChI=1S/C15H24O2Si/c1-12(2)17-18(5,6)11-13(3)14-7-9-15(16-4)10-8-14/h7-10,12H,3,11H2,1-2,4-6H3. The van der Waals surface area contributed by atoms with Crippen LogP contribution in [0.15, 0.2) is 30.8 Å². The minimum Gasteiger partial charge on any atom is -0.497 e. The average molecular weight is 264 g/mol. The van der Waals surface area contributed by atoms with Gasteiger partial charge in [-0.2, -0.15) is 0 Å². The molecule has 100 valence electrons. The lowest BCUT2D eigenvalue weighted by Gasteiger charge is -2.26. The number of benzene rings is 1. The summed E-state index contributed by atoms with van der Waals surface area (Å²) < 4.78 is 11.2. The Morgan fingerprint density at radius 3 is 2.22 bits per heavy atom. The Balaban J connectivity index is 2.69. The zero-order valence-electron chi connectivity index (χ0n) is 12.1. The molecule has 2 nitrogen and oxygen atoms in total. The smallest absolute Gasteiger partial charge is 0.191 e. The first-order valence-electron chi connectivity index (χ1n) is 6.34. The van der Waals surface area contributed by atoms with Crippen LogP contribution in [0, 0.1) is 0 Å². The van der Waals surface area contributed by atoms with E-state index in [1.807, 2.05) is 12.1 Å². The molecule has 0 unspecified atom stereocenters. The summed E-state index contributed by atoms with van der Waals surface area (Å²) in [4.78, 5) is 0. The Bertz CT molecular complexity index is 393. The fraction of sp³-hybridized carbons (Fsp3) is 0.467. The van der Waals surface area contributed by atoms with Gasteiger partial charge in [-0.3, -0.25) is 0 Å². The van der Waals surface area contributed by atoms with E-state index in [1.54, 1.807) is 7.11 Å². The van der Waals surface area contributed by atoms with Crippen LogP contribution in [-0.2, 0) is 4.43 Å². The molecule has 0 saturated heterocycles. The van der Waals surface area contributed by atoms with E-state index in [0.29, 0.717) is 0 Å². The van der Waals surface area contributed by atoms with Crippen molar-refractivity contribution in [1.29, 1.82) is 0 Å². The van der Waals surface area contributed by atoms with Gasteiger partial charge in [0.2, 0.25) is 0 Å². The number of ether oxygens (including phenoxy) is 1. The summed E-state index contributed by atoms with van der Waals surface area (Å²) in [5.41, 5.74) is 2.32. The highest BCUT2D eigenvalue weighted by atomic mass is 28.4. The molecule has 0 aliphatic rings. The van der Waals surface area contributed by atoms with Gasteiger partial charge in [0.15, 0.2) is 8.32 Å². The van der Waals surface area contributed by atoms with Gasteiger partial charge >= 0.3 is 0 Å². The fourth-order valence-corrected chi connectivity index (χ4v) is 4.71. The first-order chi connectivity index (χ1) is 8.34. The molecule has 3 heteroatoms. The van der Waals surface area contributed by atoms with Crippen molar-refractivity contribution >= 4 is 13.9 Å². The minimum absolute atomic E-state index is 0.287. The highest BCUT2D eigenvalue weighted by Gasteiger charge is 2.25. The molecule has 0 N–H and O–H groups in total. The van der Waals surface area contributed by atoms with Crippen molar-refractivity contribution in [3.63, 3.8) is 0 Å². The van der Waals surface area contributed by atoms with Crippen molar-refractivity contribution in [3.05, 3.63) is 36.4 Å². The number of rotatable bonds is 6. The second-order valence-electron chi connectivity index (χ2n) is 5.44. The van der Waals surface area contributed by atoms with Gasteiger partial charge in [0.25, 0.3) is 0 Å². The zero-order valence-corrected chi connectivity index (χ0v) is 13.1. The van der Waals surface area contributed by atoms with E-state index in [2.05, 4.69) is 45.7 Å². The van der Waals surface area contributed by atoms with Gasteiger partial charge in [-0.15, -0.1) is 0 Å². The molecule has 0 bridgehead atoms. The molecular formula is C15H24O2Si. The van der Waals surface area contributed by atoms with Gasteiger partial charge in [-0.05, 0) is 56.3 Å². The molecule has 0 aromatic heterocycles. The molecule has 0 fully saturated rings. The third kappa shape index (κ3) is 4.67. The van der Waals surface area contributed by atoms with Gasteiger partial charge in [0.05, 0.1) is 7.11 Å². The Morgan fingerprint density at radius 1 is 1.22 bits per heavy atom. The van der Waals surface area contributed by atoms with Crippen LogP contribution in [0.3, 0.4) is 0 Å². The van der Waals surface area contributed by atoms with Crippen LogP contribution < -0.4 is 4.74 Å². The number of hydrogen-bond acceptors (Lipinski definition) is 2. The van der Waals surface area contributed by atoms with E-state index in [1.165, 1.54) is 5.56 Å². The van der Waals surface area contributed by atoms with Gasteiger partial charge in [-0.25, -0.2) is 0 Å². The van der Waals surface area contributed by atoms with E-state index < -0.39 is 8.32 Å². The summed E-state index contributed by atoms with van der Waals surface area (Å²) in [6.07, 6.45) is 0.287. The van der Waals surface area contributed by atoms with Crippen molar-refractivity contribution in [2.45, 2.75) is 39.1 Å². The number of allylic oxidation sites excluding steroid dienone is 1. The lowest BCUT2D eigenvalue weighted by atomic mass is 10.1. The van der Waals surface area contributed by atoms with Crippen molar-refractivity contribution < 1.29 is 9.16 Å². The van der Waals surface area contributed by atoms with Gasteiger partial charge < -0.3 is 9.16 Å². The molecule has 0 aliphatic heterocycles. The van der Waals surface area contributed by atoms with Crippen LogP contribution >= 0.6 is 0 Å². The van der Waals surface area contributed by atoms with E-state index >= 15 is 0 Å². The highest BCUT2D eigenvalue weighted by molar-refractivity contribution is 6.72. The molecule has 18 heavy (non-hydrogen) atoms. The third-order valence-electron chi connectivity index (χ3n) is 2.69. The summed E-state index contributed by atoms with van der Waals surface area (Å²) >= 11 is 0. The number of methoxy groups -OCH3 is 1. The van der Waals surface area contributed by atoms with E-state index in [9.17, 15) is 0 Å². The van der Waals surface area contributed by atoms with Gasteiger partial charge in [-0.1, -0.05) is 18.7 Å². The van der Waals surface area contributed by atoms with Crippen LogP contribution in [-0.4, -0.2) is 21.5 Å². The van der Waals surface area contributed by atoms with Crippen molar-refractivity contribution in [1.82, 2.24) is 0 Å². The Labute approximate surface area is 112 Å². The van der Waals surface area contributed by atoms with Crippen molar-refractivity contribution in [2.75, 3.05) is 7.11 Å². The second-order valence-corrected chi connectivity index (χ2v) is 9.54. The molecule has 0 saturated carbocycles. The van der Waals surface area contributed by atoms with Crippen LogP contribution in [0.25, 0.3) is 5.57 Å². The summed E-state index contributed by atoms with van der Waals surface area (Å²) in [5.74, 6) is 0.876. The zero-order chi connectivity index (χ0) is 13.8. The molecule has 0 radical (unpaired) electrons. The second kappa shape index (κ2) is 6.21. The van der Waals surface area contributed by atoms with E-state index in [0.717, 1.165) is 17.4 Å². The summed E-state index contributed by atoms with van der Waals surface area (Å²) in [6.45, 7) is 12.8. The summed E-state index contributed by atoms with van der Waals surface area (Å²) in [6, 6.07) is 9.01. The van der Waals surface area contributed by atoms with Crippen LogP contribution in [0.5, 0.6) is 5.75 Å². The average Bonchev–Trinajstić information content (AvgIpc) is 2.26. The normalized spacial score (nSPS) is 11.7. The summed E-state index contributed by atoms with van der Waals surface area (Å²) in [7, 11) is 0.0120. The maximum atomic E-state index is 6.03. The minimum atomic E-state index is -1.66. The molecular weight excluding hydrogens is 240 g/mol. The van der Waals surface area contributed by atoms with Gasteiger partial charge in [0, 0.05) is 6.10 Å². The van der Waals surface area contributed by atoms with Crippen molar-refractivity contribution in [2.24, 2.45) is 0 Å². The first-order valence-corrected chi connectivity index (χ1v) is 9.45. The van der Waals surface area contributed by atoms with Crippen LogP contribution in [0.2, 0.25) is 19.1 Å². The topological polar surface area (TPSA) is 18.5 Å². The Kier molecular flexibility index (Phi) is 5.17. The number of hydrogen-bond donors (Lipinski definition) is 0. The molecule has 0 heterocycles. The predicted octanol–water partition coefficient (Wildman–Crippen LogP) is 4.34. The molecule has 1 rings (SSSR count). The molecule has 1 aromatic rings. The maximum absolute atomic E-state index is 6.03. The Hall–Kier alpha value is -1.06. The molecule has 0 aliphatic carbocycles. The predicted molar refractivity (Wildman–Crippen MR) is 80.5 cm³/mol. The fourth-order valence-electron chi connectivity index (χ4n) is 2.12. The van der Waals surface area contributed by atoms with Crippen LogP contribution in [0.4, 0.5) is 0 Å². The van der Waals surface area contributed by atoms with E-state index in [-0.39, 0.29) is 6.10 Å². The van der Waals surface area contributed by atoms with Crippen LogP contribution in [0.1, 0.15) is 19.4 Å². The molecule has 1 aromatic carbocycles. The third-order valence-corrected chi connectivity index (χ3v) is 5.08. The lowest BCUT2D eigenvalue weighted by molar-refractivity contribution is 0.233. The summed E-state index contributed by atoms with van der Waals surface area (Å²) in [5, 5.41) is 0. The maximum Gasteiger partial charge on any atom is 0.191 e. The molecule has 0 spiro atoms. The van der Waals surface area contributed by atoms with E-state index in [4.69, 9.17) is 9.16 Å².